The predicted molar refractivity (Wildman–Crippen MR) is 74.7 cm³/mol. The van der Waals surface area contributed by atoms with Gasteiger partial charge in [-0.1, -0.05) is 41.6 Å². The number of oxazole rings is 1. The van der Waals surface area contributed by atoms with Crippen molar-refractivity contribution in [1.82, 2.24) is 4.98 Å². The van der Waals surface area contributed by atoms with Crippen LogP contribution in [0.15, 0.2) is 40.2 Å². The SMILES string of the molecule is Cc1ccc(C(Sc2nc(C)co2)C(C)N)cc1. The third-order valence-corrected chi connectivity index (χ3v) is 4.05. The number of thioether (sulfide) groups is 1. The Bertz CT molecular complexity index is 505. The van der Waals surface area contributed by atoms with Gasteiger partial charge in [-0.25, -0.2) is 4.98 Å². The van der Waals surface area contributed by atoms with Crippen LogP contribution in [0.1, 0.15) is 29.0 Å². The molecule has 1 heterocycles. The lowest BCUT2D eigenvalue weighted by molar-refractivity contribution is 0.452. The number of aromatic nitrogens is 1. The van der Waals surface area contributed by atoms with Gasteiger partial charge in [-0.15, -0.1) is 0 Å². The van der Waals surface area contributed by atoms with Gasteiger partial charge in [0.2, 0.25) is 0 Å². The van der Waals surface area contributed by atoms with E-state index in [1.807, 2.05) is 13.8 Å². The van der Waals surface area contributed by atoms with Gasteiger partial charge in [-0.2, -0.15) is 0 Å². The minimum atomic E-state index is 0.0323. The Morgan fingerprint density at radius 2 is 1.89 bits per heavy atom. The van der Waals surface area contributed by atoms with Gasteiger partial charge in [0.05, 0.1) is 10.9 Å². The quantitative estimate of drug-likeness (QED) is 0.857. The minimum Gasteiger partial charge on any atom is -0.440 e. The molecule has 0 aliphatic carbocycles. The first-order chi connectivity index (χ1) is 8.56. The minimum absolute atomic E-state index is 0.0323. The number of rotatable bonds is 4. The zero-order valence-corrected chi connectivity index (χ0v) is 11.7. The van der Waals surface area contributed by atoms with E-state index >= 15 is 0 Å². The van der Waals surface area contributed by atoms with Crippen LogP contribution in [0.2, 0.25) is 0 Å². The Labute approximate surface area is 112 Å². The first-order valence-electron chi connectivity index (χ1n) is 5.97. The first-order valence-corrected chi connectivity index (χ1v) is 6.85. The van der Waals surface area contributed by atoms with Crippen molar-refractivity contribution in [2.24, 2.45) is 5.73 Å². The van der Waals surface area contributed by atoms with E-state index < -0.39 is 0 Å². The Morgan fingerprint density at radius 3 is 2.39 bits per heavy atom. The summed E-state index contributed by atoms with van der Waals surface area (Å²) in [5.41, 5.74) is 9.42. The summed E-state index contributed by atoms with van der Waals surface area (Å²) >= 11 is 1.57. The summed E-state index contributed by atoms with van der Waals surface area (Å²) in [5, 5.41) is 0.832. The zero-order valence-electron chi connectivity index (χ0n) is 10.9. The summed E-state index contributed by atoms with van der Waals surface area (Å²) in [6.45, 7) is 6.00. The number of hydrogen-bond acceptors (Lipinski definition) is 4. The zero-order chi connectivity index (χ0) is 13.1. The fourth-order valence-electron chi connectivity index (χ4n) is 1.73. The smallest absolute Gasteiger partial charge is 0.256 e. The molecule has 1 aromatic heterocycles. The summed E-state index contributed by atoms with van der Waals surface area (Å²) in [7, 11) is 0. The molecule has 3 nitrogen and oxygen atoms in total. The topological polar surface area (TPSA) is 52.0 Å². The fourth-order valence-corrected chi connectivity index (χ4v) is 2.76. The molecular formula is C14H18N2OS. The van der Waals surface area contributed by atoms with Gasteiger partial charge in [0.25, 0.3) is 5.22 Å². The lowest BCUT2D eigenvalue weighted by atomic mass is 10.1. The summed E-state index contributed by atoms with van der Waals surface area (Å²) in [5.74, 6) is 0. The van der Waals surface area contributed by atoms with E-state index in [0.29, 0.717) is 5.22 Å². The molecular weight excluding hydrogens is 244 g/mol. The van der Waals surface area contributed by atoms with E-state index in [2.05, 4.69) is 36.2 Å². The van der Waals surface area contributed by atoms with Crippen molar-refractivity contribution in [2.45, 2.75) is 37.3 Å². The second kappa shape index (κ2) is 5.59. The van der Waals surface area contributed by atoms with Gasteiger partial charge >= 0.3 is 0 Å². The molecule has 18 heavy (non-hydrogen) atoms. The van der Waals surface area contributed by atoms with Crippen molar-refractivity contribution < 1.29 is 4.42 Å². The maximum atomic E-state index is 6.07. The van der Waals surface area contributed by atoms with Crippen molar-refractivity contribution in [2.75, 3.05) is 0 Å². The normalized spacial score (nSPS) is 14.4. The van der Waals surface area contributed by atoms with E-state index in [-0.39, 0.29) is 11.3 Å². The van der Waals surface area contributed by atoms with E-state index in [1.165, 1.54) is 11.1 Å². The Hall–Kier alpha value is -1.26. The van der Waals surface area contributed by atoms with E-state index in [0.717, 1.165) is 5.69 Å². The molecule has 0 aliphatic rings. The molecule has 2 N–H and O–H groups in total. The Balaban J connectivity index is 2.20. The van der Waals surface area contributed by atoms with Crippen LogP contribution in [-0.4, -0.2) is 11.0 Å². The highest BCUT2D eigenvalue weighted by atomic mass is 32.2. The van der Waals surface area contributed by atoms with Crippen LogP contribution in [0.5, 0.6) is 0 Å². The largest absolute Gasteiger partial charge is 0.440 e. The van der Waals surface area contributed by atoms with Gasteiger partial charge in [0, 0.05) is 6.04 Å². The first kappa shape index (κ1) is 13.2. The number of aryl methyl sites for hydroxylation is 2. The van der Waals surface area contributed by atoms with Gasteiger partial charge in [-0.05, 0) is 26.3 Å². The Kier molecular flexibility index (Phi) is 4.09. The van der Waals surface area contributed by atoms with Crippen LogP contribution >= 0.6 is 11.8 Å². The number of nitrogens with two attached hydrogens (primary N) is 1. The number of nitrogens with zero attached hydrogens (tertiary/aromatic N) is 1. The maximum absolute atomic E-state index is 6.07. The van der Waals surface area contributed by atoms with Crippen molar-refractivity contribution in [3.8, 4) is 0 Å². The molecule has 0 fully saturated rings. The Morgan fingerprint density at radius 1 is 1.22 bits per heavy atom. The molecule has 2 atom stereocenters. The summed E-state index contributed by atoms with van der Waals surface area (Å²) < 4.78 is 5.39. The fraction of sp³-hybridized carbons (Fsp3) is 0.357. The van der Waals surface area contributed by atoms with Crippen LogP contribution in [0, 0.1) is 13.8 Å². The van der Waals surface area contributed by atoms with Crippen molar-refractivity contribution in [3.63, 3.8) is 0 Å². The molecule has 1 aromatic carbocycles. The molecule has 2 aromatic rings. The molecule has 2 rings (SSSR count). The highest BCUT2D eigenvalue weighted by Crippen LogP contribution is 2.36. The van der Waals surface area contributed by atoms with Gasteiger partial charge in [-0.3, -0.25) is 0 Å². The standard InChI is InChI=1S/C14H18N2OS/c1-9-4-6-12(7-5-9)13(11(3)15)18-14-16-10(2)8-17-14/h4-8,11,13H,15H2,1-3H3. The van der Waals surface area contributed by atoms with Crippen LogP contribution in [0.4, 0.5) is 0 Å². The van der Waals surface area contributed by atoms with Crippen LogP contribution in [0.25, 0.3) is 0 Å². The molecule has 0 radical (unpaired) electrons. The highest BCUT2D eigenvalue weighted by molar-refractivity contribution is 7.99. The van der Waals surface area contributed by atoms with Crippen LogP contribution < -0.4 is 5.73 Å². The molecule has 2 unspecified atom stereocenters. The van der Waals surface area contributed by atoms with Crippen molar-refractivity contribution in [1.29, 1.82) is 0 Å². The molecule has 0 bridgehead atoms. The van der Waals surface area contributed by atoms with Gasteiger partial charge < -0.3 is 10.2 Å². The maximum Gasteiger partial charge on any atom is 0.256 e. The highest BCUT2D eigenvalue weighted by Gasteiger charge is 2.20. The molecule has 0 spiro atoms. The summed E-state index contributed by atoms with van der Waals surface area (Å²) in [6.07, 6.45) is 1.66. The third-order valence-electron chi connectivity index (χ3n) is 2.71. The lowest BCUT2D eigenvalue weighted by Crippen LogP contribution is -2.22. The van der Waals surface area contributed by atoms with Crippen molar-refractivity contribution >= 4 is 11.8 Å². The van der Waals surface area contributed by atoms with Gasteiger partial charge in [0.1, 0.15) is 6.26 Å². The second-order valence-electron chi connectivity index (χ2n) is 4.56. The monoisotopic (exact) mass is 262 g/mol. The third kappa shape index (κ3) is 3.15. The molecule has 0 aliphatic heterocycles. The lowest BCUT2D eigenvalue weighted by Gasteiger charge is -2.19. The van der Waals surface area contributed by atoms with Crippen LogP contribution in [-0.2, 0) is 0 Å². The average molecular weight is 262 g/mol. The van der Waals surface area contributed by atoms with E-state index in [1.54, 1.807) is 18.0 Å². The van der Waals surface area contributed by atoms with E-state index in [9.17, 15) is 0 Å². The van der Waals surface area contributed by atoms with E-state index in [4.69, 9.17) is 10.2 Å². The van der Waals surface area contributed by atoms with Crippen molar-refractivity contribution in [3.05, 3.63) is 47.3 Å². The van der Waals surface area contributed by atoms with Gasteiger partial charge in [0.15, 0.2) is 0 Å². The predicted octanol–water partition coefficient (Wildman–Crippen LogP) is 3.47. The molecule has 0 saturated heterocycles. The molecule has 0 saturated carbocycles. The molecule has 4 heteroatoms. The second-order valence-corrected chi connectivity index (χ2v) is 5.66. The van der Waals surface area contributed by atoms with Crippen LogP contribution in [0.3, 0.4) is 0 Å². The summed E-state index contributed by atoms with van der Waals surface area (Å²) in [6, 6.07) is 8.47. The molecule has 96 valence electrons. The molecule has 0 amide bonds. The summed E-state index contributed by atoms with van der Waals surface area (Å²) in [4.78, 5) is 4.32. The number of benzene rings is 1. The number of hydrogen-bond donors (Lipinski definition) is 1. The average Bonchev–Trinajstić information content (AvgIpc) is 2.73.